The molecule has 0 spiro atoms. The first-order valence-electron chi connectivity index (χ1n) is 3.43. The van der Waals surface area contributed by atoms with Gasteiger partial charge in [0.15, 0.2) is 0 Å². The third-order valence-corrected chi connectivity index (χ3v) is 2.42. The molecule has 0 saturated carbocycles. The van der Waals surface area contributed by atoms with E-state index < -0.39 is 0 Å². The maximum absolute atomic E-state index is 5.66. The van der Waals surface area contributed by atoms with Crippen LogP contribution in [0.25, 0.3) is 0 Å². The smallest absolute Gasteiger partial charge is 0.319 e. The van der Waals surface area contributed by atoms with Gasteiger partial charge in [0.2, 0.25) is 5.88 Å². The average molecular weight is 268 g/mol. The number of hydrogen-bond acceptors (Lipinski definition) is 4. The first-order valence-corrected chi connectivity index (χ1v) is 4.76. The van der Waals surface area contributed by atoms with E-state index in [9.17, 15) is 0 Å². The van der Waals surface area contributed by atoms with Crippen molar-refractivity contribution in [3.8, 4) is 11.9 Å². The Labute approximate surface area is 89.4 Å². The van der Waals surface area contributed by atoms with Gasteiger partial charge in [0.25, 0.3) is 0 Å². The molecular formula is C7H8BrClN2O2. The number of nitrogens with zero attached hydrogens (tertiary/aromatic N) is 2. The topological polar surface area (TPSA) is 44.2 Å². The summed E-state index contributed by atoms with van der Waals surface area (Å²) in [5.74, 6) is 0.693. The molecule has 0 saturated heterocycles. The molecule has 1 aromatic rings. The van der Waals surface area contributed by atoms with Crippen LogP contribution in [0.15, 0.2) is 4.47 Å². The molecule has 72 valence electrons. The van der Waals surface area contributed by atoms with Gasteiger partial charge in [-0.3, -0.25) is 0 Å². The van der Waals surface area contributed by atoms with Crippen LogP contribution in [0, 0.1) is 0 Å². The lowest BCUT2D eigenvalue weighted by molar-refractivity contribution is 0.348. The van der Waals surface area contributed by atoms with Gasteiger partial charge in [-0.1, -0.05) is 0 Å². The van der Waals surface area contributed by atoms with Crippen LogP contribution >= 0.6 is 27.5 Å². The Morgan fingerprint density at radius 2 is 2.00 bits per heavy atom. The number of alkyl halides is 1. The molecule has 1 rings (SSSR count). The molecule has 4 nitrogen and oxygen atoms in total. The van der Waals surface area contributed by atoms with E-state index in [1.807, 2.05) is 0 Å². The van der Waals surface area contributed by atoms with E-state index in [2.05, 4.69) is 25.9 Å². The van der Waals surface area contributed by atoms with Crippen LogP contribution in [0.4, 0.5) is 0 Å². The number of methoxy groups -OCH3 is 2. The molecule has 0 fully saturated rings. The second-order valence-electron chi connectivity index (χ2n) is 2.11. The van der Waals surface area contributed by atoms with Crippen molar-refractivity contribution in [2.45, 2.75) is 5.88 Å². The van der Waals surface area contributed by atoms with Crippen LogP contribution in [-0.2, 0) is 5.88 Å². The summed E-state index contributed by atoms with van der Waals surface area (Å²) in [6.07, 6.45) is 0. The zero-order chi connectivity index (χ0) is 9.84. The number of halogens is 2. The van der Waals surface area contributed by atoms with Crippen molar-refractivity contribution >= 4 is 27.5 Å². The van der Waals surface area contributed by atoms with E-state index in [0.29, 0.717) is 16.0 Å². The molecule has 0 aliphatic heterocycles. The Morgan fingerprint density at radius 1 is 1.31 bits per heavy atom. The van der Waals surface area contributed by atoms with Gasteiger partial charge in [0.1, 0.15) is 4.47 Å². The van der Waals surface area contributed by atoms with Crippen molar-refractivity contribution in [3.05, 3.63) is 10.2 Å². The molecule has 0 aliphatic rings. The second kappa shape index (κ2) is 4.62. The highest BCUT2D eigenvalue weighted by molar-refractivity contribution is 9.10. The lowest BCUT2D eigenvalue weighted by atomic mass is 10.4. The molecular weight excluding hydrogens is 259 g/mol. The Balaban J connectivity index is 3.20. The average Bonchev–Trinajstić information content (AvgIpc) is 2.18. The monoisotopic (exact) mass is 266 g/mol. The Hall–Kier alpha value is -0.550. The van der Waals surface area contributed by atoms with E-state index in [4.69, 9.17) is 21.1 Å². The minimum atomic E-state index is 0.246. The molecule has 0 N–H and O–H groups in total. The minimum absolute atomic E-state index is 0.246. The quantitative estimate of drug-likeness (QED) is 0.786. The zero-order valence-corrected chi connectivity index (χ0v) is 9.52. The largest absolute Gasteiger partial charge is 0.480 e. The molecule has 0 atom stereocenters. The summed E-state index contributed by atoms with van der Waals surface area (Å²) >= 11 is 8.93. The number of ether oxygens (including phenoxy) is 2. The third-order valence-electron chi connectivity index (χ3n) is 1.37. The van der Waals surface area contributed by atoms with Gasteiger partial charge < -0.3 is 9.47 Å². The van der Waals surface area contributed by atoms with Gasteiger partial charge in [-0.15, -0.1) is 11.6 Å². The molecule has 0 unspecified atom stereocenters. The van der Waals surface area contributed by atoms with Gasteiger partial charge in [0, 0.05) is 0 Å². The van der Waals surface area contributed by atoms with Crippen molar-refractivity contribution in [2.75, 3.05) is 14.2 Å². The van der Waals surface area contributed by atoms with Crippen molar-refractivity contribution in [1.82, 2.24) is 9.97 Å². The molecule has 6 heteroatoms. The van der Waals surface area contributed by atoms with Crippen LogP contribution in [0.3, 0.4) is 0 Å². The summed E-state index contributed by atoms with van der Waals surface area (Å²) in [7, 11) is 3.01. The van der Waals surface area contributed by atoms with Gasteiger partial charge in [-0.25, -0.2) is 0 Å². The SMILES string of the molecule is COc1nc(CCl)c(Br)c(OC)n1. The standard InChI is InChI=1S/C7H8BrClN2O2/c1-12-6-5(8)4(3-9)10-7(11-6)13-2/h3H2,1-2H3. The molecule has 0 aliphatic carbocycles. The van der Waals surface area contributed by atoms with Crippen molar-refractivity contribution in [2.24, 2.45) is 0 Å². The lowest BCUT2D eigenvalue weighted by Gasteiger charge is -2.06. The molecule has 0 amide bonds. The summed E-state index contributed by atoms with van der Waals surface area (Å²) in [5, 5.41) is 0. The van der Waals surface area contributed by atoms with Crippen LogP contribution < -0.4 is 9.47 Å². The molecule has 1 aromatic heterocycles. The van der Waals surface area contributed by atoms with Crippen LogP contribution in [0.2, 0.25) is 0 Å². The summed E-state index contributed by atoms with van der Waals surface area (Å²) in [4.78, 5) is 7.98. The van der Waals surface area contributed by atoms with Crippen LogP contribution in [0.1, 0.15) is 5.69 Å². The normalized spacial score (nSPS) is 9.85. The molecule has 0 radical (unpaired) electrons. The zero-order valence-electron chi connectivity index (χ0n) is 7.17. The fourth-order valence-corrected chi connectivity index (χ4v) is 1.60. The predicted octanol–water partition coefficient (Wildman–Crippen LogP) is 2.00. The highest BCUT2D eigenvalue weighted by Gasteiger charge is 2.11. The van der Waals surface area contributed by atoms with E-state index in [1.165, 1.54) is 14.2 Å². The molecule has 1 heterocycles. The molecule has 0 bridgehead atoms. The molecule has 0 aromatic carbocycles. The maximum Gasteiger partial charge on any atom is 0.319 e. The number of hydrogen-bond donors (Lipinski definition) is 0. The maximum atomic E-state index is 5.66. The van der Waals surface area contributed by atoms with E-state index in [1.54, 1.807) is 0 Å². The summed E-state index contributed by atoms with van der Waals surface area (Å²) in [6.45, 7) is 0. The first-order chi connectivity index (χ1) is 6.22. The van der Waals surface area contributed by atoms with Gasteiger partial charge in [-0.05, 0) is 15.9 Å². The number of rotatable bonds is 3. The van der Waals surface area contributed by atoms with E-state index in [-0.39, 0.29) is 11.9 Å². The number of aromatic nitrogens is 2. The predicted molar refractivity (Wildman–Crippen MR) is 52.4 cm³/mol. The van der Waals surface area contributed by atoms with Gasteiger partial charge in [0.05, 0.1) is 25.8 Å². The van der Waals surface area contributed by atoms with Crippen molar-refractivity contribution in [1.29, 1.82) is 0 Å². The third kappa shape index (κ3) is 2.22. The Kier molecular flexibility index (Phi) is 3.74. The van der Waals surface area contributed by atoms with Crippen LogP contribution in [-0.4, -0.2) is 24.2 Å². The van der Waals surface area contributed by atoms with Crippen molar-refractivity contribution < 1.29 is 9.47 Å². The van der Waals surface area contributed by atoms with Crippen molar-refractivity contribution in [3.63, 3.8) is 0 Å². The van der Waals surface area contributed by atoms with Crippen LogP contribution in [0.5, 0.6) is 11.9 Å². The summed E-state index contributed by atoms with van der Waals surface area (Å²) in [5.41, 5.74) is 0.644. The Bertz CT molecular complexity index is 284. The second-order valence-corrected chi connectivity index (χ2v) is 3.17. The Morgan fingerprint density at radius 3 is 2.46 bits per heavy atom. The van der Waals surface area contributed by atoms with Gasteiger partial charge in [-0.2, -0.15) is 9.97 Å². The summed E-state index contributed by atoms with van der Waals surface area (Å²) < 4.78 is 10.5. The molecule has 13 heavy (non-hydrogen) atoms. The highest BCUT2D eigenvalue weighted by atomic mass is 79.9. The van der Waals surface area contributed by atoms with E-state index in [0.717, 1.165) is 0 Å². The fourth-order valence-electron chi connectivity index (χ4n) is 0.764. The minimum Gasteiger partial charge on any atom is -0.480 e. The van der Waals surface area contributed by atoms with E-state index >= 15 is 0 Å². The first kappa shape index (κ1) is 10.5. The van der Waals surface area contributed by atoms with Gasteiger partial charge >= 0.3 is 6.01 Å². The summed E-state index contributed by atoms with van der Waals surface area (Å²) in [6, 6.07) is 0.246. The highest BCUT2D eigenvalue weighted by Crippen LogP contribution is 2.28. The fraction of sp³-hybridized carbons (Fsp3) is 0.429. The lowest BCUT2D eigenvalue weighted by Crippen LogP contribution is -2.00.